The molecule has 4 heteroatoms. The van der Waals surface area contributed by atoms with Gasteiger partial charge in [0.15, 0.2) is 0 Å². The summed E-state index contributed by atoms with van der Waals surface area (Å²) in [4.78, 5) is 0. The zero-order valence-electron chi connectivity index (χ0n) is 15.8. The summed E-state index contributed by atoms with van der Waals surface area (Å²) in [5.74, 6) is 0. The molecule has 3 radical (unpaired) electrons. The first-order valence-electron chi connectivity index (χ1n) is 8.55. The Morgan fingerprint density at radius 3 is 1.56 bits per heavy atom. The van der Waals surface area contributed by atoms with Crippen LogP contribution in [0, 0.1) is 0 Å². The molecule has 0 saturated heterocycles. The zero-order valence-corrected chi connectivity index (χ0v) is 15.8. The number of hydrogen-bond donors (Lipinski definition) is 3. The molecule has 0 aliphatic carbocycles. The summed E-state index contributed by atoms with van der Waals surface area (Å²) in [7, 11) is 1.00. The van der Waals surface area contributed by atoms with Crippen molar-refractivity contribution in [3.63, 3.8) is 0 Å². The molecule has 3 aromatic carbocycles. The minimum Gasteiger partial charge on any atom is -0.400 e. The topological polar surface area (TPSA) is 44.3 Å². The molecule has 3 nitrogen and oxygen atoms in total. The summed E-state index contributed by atoms with van der Waals surface area (Å²) in [6.07, 6.45) is 0. The van der Waals surface area contributed by atoms with E-state index in [2.05, 4.69) is 71.3 Å². The molecule has 0 unspecified atom stereocenters. The van der Waals surface area contributed by atoms with Gasteiger partial charge in [-0.05, 0) is 42.0 Å². The van der Waals surface area contributed by atoms with Crippen molar-refractivity contribution in [1.82, 2.24) is 0 Å². The Kier molecular flexibility index (Phi) is 16.4. The summed E-state index contributed by atoms with van der Waals surface area (Å²) < 4.78 is 0. The number of para-hydroxylation sites is 1. The fourth-order valence-electron chi connectivity index (χ4n) is 2.16. The number of anilines is 3. The zero-order chi connectivity index (χ0) is 18.3. The lowest BCUT2D eigenvalue weighted by Gasteiger charge is -2.09. The van der Waals surface area contributed by atoms with Gasteiger partial charge in [0.2, 0.25) is 0 Å². The van der Waals surface area contributed by atoms with Gasteiger partial charge in [-0.25, -0.2) is 0 Å². The SMILES string of the molecule is C.CC.CO.[B].c1ccc(CNc2ccc(Nc3ccccc3)cc2)cc1. The van der Waals surface area contributed by atoms with Crippen LogP contribution in [0.4, 0.5) is 17.1 Å². The number of benzene rings is 3. The van der Waals surface area contributed by atoms with Gasteiger partial charge in [-0.3, -0.25) is 0 Å². The summed E-state index contributed by atoms with van der Waals surface area (Å²) in [5.41, 5.74) is 4.59. The van der Waals surface area contributed by atoms with Gasteiger partial charge in [-0.1, -0.05) is 69.8 Å². The summed E-state index contributed by atoms with van der Waals surface area (Å²) in [6.45, 7) is 4.84. The van der Waals surface area contributed by atoms with Crippen molar-refractivity contribution in [2.75, 3.05) is 17.7 Å². The van der Waals surface area contributed by atoms with Crippen LogP contribution >= 0.6 is 0 Å². The molecule has 3 N–H and O–H groups in total. The highest BCUT2D eigenvalue weighted by molar-refractivity contribution is 5.75. The van der Waals surface area contributed by atoms with Crippen molar-refractivity contribution in [2.45, 2.75) is 27.8 Å². The fourth-order valence-corrected chi connectivity index (χ4v) is 2.16. The third kappa shape index (κ3) is 10.1. The van der Waals surface area contributed by atoms with Crippen molar-refractivity contribution < 1.29 is 5.11 Å². The van der Waals surface area contributed by atoms with Gasteiger partial charge < -0.3 is 15.7 Å². The maximum Gasteiger partial charge on any atom is 0.0400 e. The second-order valence-corrected chi connectivity index (χ2v) is 4.91. The Balaban J connectivity index is 0. The molecule has 3 rings (SSSR count). The third-order valence-electron chi connectivity index (χ3n) is 3.29. The van der Waals surface area contributed by atoms with Crippen LogP contribution in [0.5, 0.6) is 0 Å². The summed E-state index contributed by atoms with van der Waals surface area (Å²) in [5, 5.41) is 13.8. The molecule has 3 aromatic rings. The first kappa shape index (κ1) is 26.5. The number of aliphatic hydroxyl groups excluding tert-OH is 1. The number of aliphatic hydroxyl groups is 1. The smallest absolute Gasteiger partial charge is 0.0400 e. The molecule has 0 aromatic heterocycles. The van der Waals surface area contributed by atoms with E-state index < -0.39 is 0 Å². The Morgan fingerprint density at radius 1 is 0.630 bits per heavy atom. The number of hydrogen-bond acceptors (Lipinski definition) is 3. The van der Waals surface area contributed by atoms with Gasteiger partial charge in [0.1, 0.15) is 0 Å². The molecule has 0 aliphatic heterocycles. The molecular formula is C23H32BN2O. The van der Waals surface area contributed by atoms with E-state index in [1.54, 1.807) is 0 Å². The second kappa shape index (κ2) is 16.7. The Morgan fingerprint density at radius 2 is 1.04 bits per heavy atom. The van der Waals surface area contributed by atoms with Crippen LogP contribution in [0.25, 0.3) is 0 Å². The van der Waals surface area contributed by atoms with Crippen molar-refractivity contribution in [3.05, 3.63) is 90.5 Å². The van der Waals surface area contributed by atoms with Crippen LogP contribution in [0.3, 0.4) is 0 Å². The molecule has 143 valence electrons. The highest BCUT2D eigenvalue weighted by atomic mass is 16.2. The third-order valence-corrected chi connectivity index (χ3v) is 3.29. The van der Waals surface area contributed by atoms with Gasteiger partial charge in [0, 0.05) is 39.1 Å². The normalized spacial score (nSPS) is 8.30. The number of rotatable bonds is 5. The van der Waals surface area contributed by atoms with E-state index in [-0.39, 0.29) is 15.8 Å². The quantitative estimate of drug-likeness (QED) is 0.492. The second-order valence-electron chi connectivity index (χ2n) is 4.91. The molecule has 0 fully saturated rings. The molecule has 0 bridgehead atoms. The van der Waals surface area contributed by atoms with Crippen molar-refractivity contribution in [1.29, 1.82) is 0 Å². The van der Waals surface area contributed by atoms with Crippen molar-refractivity contribution >= 4 is 25.5 Å². The number of nitrogens with one attached hydrogen (secondary N) is 2. The Bertz CT molecular complexity index is 674. The van der Waals surface area contributed by atoms with E-state index in [9.17, 15) is 0 Å². The summed E-state index contributed by atoms with van der Waals surface area (Å²) in [6, 6.07) is 28.9. The predicted octanol–water partition coefficient (Wildman–Crippen LogP) is 5.93. The Hall–Kier alpha value is -2.72. The first-order chi connectivity index (χ1) is 12.4. The largest absolute Gasteiger partial charge is 0.400 e. The van der Waals surface area contributed by atoms with E-state index in [4.69, 9.17) is 5.11 Å². The highest BCUT2D eigenvalue weighted by Crippen LogP contribution is 2.19. The average molecular weight is 363 g/mol. The maximum absolute atomic E-state index is 7.00. The van der Waals surface area contributed by atoms with Gasteiger partial charge in [-0.15, -0.1) is 0 Å². The van der Waals surface area contributed by atoms with Gasteiger partial charge >= 0.3 is 0 Å². The van der Waals surface area contributed by atoms with Crippen molar-refractivity contribution in [2.24, 2.45) is 0 Å². The molecule has 0 heterocycles. The van der Waals surface area contributed by atoms with E-state index in [0.29, 0.717) is 0 Å². The minimum atomic E-state index is 0. The molecule has 27 heavy (non-hydrogen) atoms. The lowest BCUT2D eigenvalue weighted by Crippen LogP contribution is -1.99. The van der Waals surface area contributed by atoms with Crippen LogP contribution < -0.4 is 10.6 Å². The lowest BCUT2D eigenvalue weighted by molar-refractivity contribution is 0.399. The van der Waals surface area contributed by atoms with Crippen LogP contribution in [0.2, 0.25) is 0 Å². The molecule has 0 saturated carbocycles. The van der Waals surface area contributed by atoms with Crippen LogP contribution in [-0.4, -0.2) is 20.6 Å². The van der Waals surface area contributed by atoms with Gasteiger partial charge in [-0.2, -0.15) is 0 Å². The van der Waals surface area contributed by atoms with E-state index in [1.807, 2.05) is 38.1 Å². The fraction of sp³-hybridized carbons (Fsp3) is 0.217. The highest BCUT2D eigenvalue weighted by Gasteiger charge is 1.96. The maximum atomic E-state index is 7.00. The molecular weight excluding hydrogens is 331 g/mol. The molecule has 0 amide bonds. The van der Waals surface area contributed by atoms with E-state index >= 15 is 0 Å². The first-order valence-corrected chi connectivity index (χ1v) is 8.55. The standard InChI is InChI=1S/C19H18N2.C2H6.CH4O.CH4.B/c1-3-7-16(8-4-1)15-20-17-11-13-19(14-12-17)21-18-9-5-2-6-10-18;2*1-2;;/h1-14,20-21H,15H2;1-2H3;2H,1H3;1H4;. The Labute approximate surface area is 167 Å². The molecule has 0 spiro atoms. The monoisotopic (exact) mass is 363 g/mol. The molecule has 0 aliphatic rings. The minimum absolute atomic E-state index is 0. The predicted molar refractivity (Wildman–Crippen MR) is 122 cm³/mol. The average Bonchev–Trinajstić information content (AvgIpc) is 2.72. The van der Waals surface area contributed by atoms with Crippen molar-refractivity contribution in [3.8, 4) is 0 Å². The van der Waals surface area contributed by atoms with Crippen LogP contribution in [0.1, 0.15) is 26.8 Å². The lowest BCUT2D eigenvalue weighted by atomic mass is 10.2. The van der Waals surface area contributed by atoms with E-state index in [0.717, 1.165) is 30.7 Å². The summed E-state index contributed by atoms with van der Waals surface area (Å²) >= 11 is 0. The molecule has 0 atom stereocenters. The van der Waals surface area contributed by atoms with Crippen LogP contribution in [0.15, 0.2) is 84.9 Å². The van der Waals surface area contributed by atoms with E-state index in [1.165, 1.54) is 5.56 Å². The van der Waals surface area contributed by atoms with Gasteiger partial charge in [0.25, 0.3) is 0 Å². The van der Waals surface area contributed by atoms with Gasteiger partial charge in [0.05, 0.1) is 0 Å². The van der Waals surface area contributed by atoms with Crippen LogP contribution in [-0.2, 0) is 6.54 Å².